The van der Waals surface area contributed by atoms with E-state index in [-0.39, 0.29) is 5.91 Å². The van der Waals surface area contributed by atoms with Gasteiger partial charge in [0.1, 0.15) is 0 Å². The average molecular weight is 369 g/mol. The Balaban J connectivity index is 1.46. The van der Waals surface area contributed by atoms with Crippen molar-refractivity contribution in [3.8, 4) is 0 Å². The third-order valence-corrected chi connectivity index (χ3v) is 7.05. The molecule has 6 nitrogen and oxygen atoms in total. The van der Waals surface area contributed by atoms with Crippen molar-refractivity contribution in [2.75, 3.05) is 58.7 Å². The molecule has 1 amide bonds. The SMILES string of the molecule is CN=C(NCCC(=O)N1CCOCC1)N1CCSC2(CCCCC2)C1. The second-order valence-corrected chi connectivity index (χ2v) is 8.79. The van der Waals surface area contributed by atoms with Crippen LogP contribution in [-0.4, -0.2) is 85.2 Å². The standard InChI is InChI=1S/C18H32N4O2S/c1-19-17(20-8-5-16(23)21-9-12-24-13-10-21)22-11-14-25-18(15-22)6-3-2-4-7-18/h2-15H2,1H3,(H,19,20). The maximum Gasteiger partial charge on any atom is 0.224 e. The van der Waals surface area contributed by atoms with Gasteiger partial charge in [-0.2, -0.15) is 11.8 Å². The zero-order valence-corrected chi connectivity index (χ0v) is 16.3. The second-order valence-electron chi connectivity index (χ2n) is 7.23. The number of amides is 1. The first kappa shape index (κ1) is 18.8. The van der Waals surface area contributed by atoms with E-state index in [4.69, 9.17) is 4.74 Å². The number of carbonyl (C=O) groups excluding carboxylic acids is 1. The molecule has 142 valence electrons. The molecule has 3 aliphatic rings. The molecule has 1 aliphatic carbocycles. The molecule has 1 N–H and O–H groups in total. The summed E-state index contributed by atoms with van der Waals surface area (Å²) in [5.41, 5.74) is 0. The molecule has 0 aromatic rings. The highest BCUT2D eigenvalue weighted by molar-refractivity contribution is 8.00. The van der Waals surface area contributed by atoms with Gasteiger partial charge in [0.2, 0.25) is 5.91 Å². The minimum atomic E-state index is 0.212. The van der Waals surface area contributed by atoms with Crippen LogP contribution in [0.25, 0.3) is 0 Å². The summed E-state index contributed by atoms with van der Waals surface area (Å²) in [4.78, 5) is 21.0. The van der Waals surface area contributed by atoms with E-state index < -0.39 is 0 Å². The molecule has 7 heteroatoms. The Morgan fingerprint density at radius 2 is 1.92 bits per heavy atom. The Kier molecular flexibility index (Phi) is 6.87. The van der Waals surface area contributed by atoms with Crippen molar-refractivity contribution in [3.05, 3.63) is 0 Å². The first-order chi connectivity index (χ1) is 12.2. The lowest BCUT2D eigenvalue weighted by atomic mass is 9.87. The number of guanidine groups is 1. The predicted molar refractivity (Wildman–Crippen MR) is 103 cm³/mol. The van der Waals surface area contributed by atoms with Gasteiger partial charge in [-0.05, 0) is 12.8 Å². The monoisotopic (exact) mass is 368 g/mol. The number of hydrogen-bond donors (Lipinski definition) is 1. The second kappa shape index (κ2) is 9.12. The largest absolute Gasteiger partial charge is 0.378 e. The Bertz CT molecular complexity index is 468. The molecule has 0 atom stereocenters. The predicted octanol–water partition coefficient (Wildman–Crippen LogP) is 1.56. The molecule has 0 unspecified atom stereocenters. The van der Waals surface area contributed by atoms with Crippen LogP contribution in [0.5, 0.6) is 0 Å². The van der Waals surface area contributed by atoms with Gasteiger partial charge in [0.05, 0.1) is 13.2 Å². The van der Waals surface area contributed by atoms with Crippen molar-refractivity contribution >= 4 is 23.6 Å². The molecule has 25 heavy (non-hydrogen) atoms. The molecule has 2 heterocycles. The smallest absolute Gasteiger partial charge is 0.224 e. The van der Waals surface area contributed by atoms with Crippen LogP contribution in [0.15, 0.2) is 4.99 Å². The first-order valence-electron chi connectivity index (χ1n) is 9.67. The molecule has 2 saturated heterocycles. The molecule has 1 spiro atoms. The quantitative estimate of drug-likeness (QED) is 0.605. The van der Waals surface area contributed by atoms with E-state index in [0.29, 0.717) is 30.9 Å². The Hall–Kier alpha value is -0.950. The fraction of sp³-hybridized carbons (Fsp3) is 0.889. The van der Waals surface area contributed by atoms with Crippen molar-refractivity contribution in [3.63, 3.8) is 0 Å². The van der Waals surface area contributed by atoms with E-state index in [9.17, 15) is 4.79 Å². The van der Waals surface area contributed by atoms with E-state index in [1.807, 2.05) is 11.9 Å². The summed E-state index contributed by atoms with van der Waals surface area (Å²) < 4.78 is 5.74. The van der Waals surface area contributed by atoms with Crippen molar-refractivity contribution in [1.82, 2.24) is 15.1 Å². The first-order valence-corrected chi connectivity index (χ1v) is 10.7. The summed E-state index contributed by atoms with van der Waals surface area (Å²) in [5, 5.41) is 3.42. The molecule has 0 bridgehead atoms. The Labute approximate surface area is 155 Å². The van der Waals surface area contributed by atoms with Crippen LogP contribution < -0.4 is 5.32 Å². The lowest BCUT2D eigenvalue weighted by molar-refractivity contribution is -0.135. The van der Waals surface area contributed by atoms with Gasteiger partial charge < -0.3 is 19.9 Å². The number of aliphatic imine (C=N–C) groups is 1. The summed E-state index contributed by atoms with van der Waals surface area (Å²) in [6.45, 7) is 5.55. The van der Waals surface area contributed by atoms with Gasteiger partial charge in [-0.15, -0.1) is 0 Å². The summed E-state index contributed by atoms with van der Waals surface area (Å²) >= 11 is 2.17. The summed E-state index contributed by atoms with van der Waals surface area (Å²) in [5.74, 6) is 2.34. The van der Waals surface area contributed by atoms with E-state index in [0.717, 1.165) is 32.1 Å². The maximum atomic E-state index is 12.3. The van der Waals surface area contributed by atoms with Crippen LogP contribution in [0.3, 0.4) is 0 Å². The number of nitrogens with one attached hydrogen (secondary N) is 1. The van der Waals surface area contributed by atoms with Gasteiger partial charge in [0.25, 0.3) is 0 Å². The van der Waals surface area contributed by atoms with Crippen LogP contribution >= 0.6 is 11.8 Å². The van der Waals surface area contributed by atoms with E-state index in [1.165, 1.54) is 37.9 Å². The fourth-order valence-corrected chi connectivity index (χ4v) is 5.68. The van der Waals surface area contributed by atoms with Crippen molar-refractivity contribution in [2.45, 2.75) is 43.3 Å². The Morgan fingerprint density at radius 3 is 2.64 bits per heavy atom. The minimum Gasteiger partial charge on any atom is -0.378 e. The normalized spacial score (nSPS) is 24.4. The van der Waals surface area contributed by atoms with Crippen LogP contribution in [0.4, 0.5) is 0 Å². The van der Waals surface area contributed by atoms with E-state index in [1.54, 1.807) is 0 Å². The van der Waals surface area contributed by atoms with Gasteiger partial charge in [0.15, 0.2) is 5.96 Å². The molecule has 1 saturated carbocycles. The van der Waals surface area contributed by atoms with Crippen molar-refractivity contribution in [1.29, 1.82) is 0 Å². The van der Waals surface area contributed by atoms with Crippen LogP contribution in [0.2, 0.25) is 0 Å². The number of thioether (sulfide) groups is 1. The van der Waals surface area contributed by atoms with E-state index >= 15 is 0 Å². The van der Waals surface area contributed by atoms with Gasteiger partial charge in [0, 0.05) is 56.7 Å². The van der Waals surface area contributed by atoms with Gasteiger partial charge in [-0.1, -0.05) is 19.3 Å². The number of morpholine rings is 1. The number of carbonyl (C=O) groups is 1. The van der Waals surface area contributed by atoms with Crippen LogP contribution in [0.1, 0.15) is 38.5 Å². The molecule has 2 aliphatic heterocycles. The highest BCUT2D eigenvalue weighted by Gasteiger charge is 2.38. The molecule has 0 aromatic carbocycles. The Morgan fingerprint density at radius 1 is 1.16 bits per heavy atom. The zero-order valence-electron chi connectivity index (χ0n) is 15.5. The molecule has 0 aromatic heterocycles. The van der Waals surface area contributed by atoms with E-state index in [2.05, 4.69) is 27.0 Å². The third kappa shape index (κ3) is 5.03. The summed E-state index contributed by atoms with van der Waals surface area (Å²) in [6.07, 6.45) is 7.30. The molecular weight excluding hydrogens is 336 g/mol. The number of hydrogen-bond acceptors (Lipinski definition) is 4. The summed E-state index contributed by atoms with van der Waals surface area (Å²) in [6, 6.07) is 0. The van der Waals surface area contributed by atoms with Crippen LogP contribution in [-0.2, 0) is 9.53 Å². The topological polar surface area (TPSA) is 57.2 Å². The third-order valence-electron chi connectivity index (χ3n) is 5.51. The lowest BCUT2D eigenvalue weighted by Crippen LogP contribution is -2.53. The van der Waals surface area contributed by atoms with Gasteiger partial charge in [-0.25, -0.2) is 0 Å². The van der Waals surface area contributed by atoms with Crippen LogP contribution in [0, 0.1) is 0 Å². The zero-order chi connectivity index (χ0) is 17.5. The number of ether oxygens (including phenoxy) is 1. The molecule has 3 rings (SSSR count). The lowest BCUT2D eigenvalue weighted by Gasteiger charge is -2.45. The molecular formula is C18H32N4O2S. The number of rotatable bonds is 3. The average Bonchev–Trinajstić information content (AvgIpc) is 2.66. The molecule has 0 radical (unpaired) electrons. The van der Waals surface area contributed by atoms with Crippen molar-refractivity contribution in [2.24, 2.45) is 4.99 Å². The highest BCUT2D eigenvalue weighted by Crippen LogP contribution is 2.42. The number of nitrogens with zero attached hydrogens (tertiary/aromatic N) is 3. The van der Waals surface area contributed by atoms with Gasteiger partial charge in [-0.3, -0.25) is 9.79 Å². The van der Waals surface area contributed by atoms with Gasteiger partial charge >= 0.3 is 0 Å². The molecule has 3 fully saturated rings. The minimum absolute atomic E-state index is 0.212. The summed E-state index contributed by atoms with van der Waals surface area (Å²) in [7, 11) is 1.85. The fourth-order valence-electron chi connectivity index (χ4n) is 4.11. The maximum absolute atomic E-state index is 12.3. The van der Waals surface area contributed by atoms with Crippen molar-refractivity contribution < 1.29 is 9.53 Å². The highest BCUT2D eigenvalue weighted by atomic mass is 32.2.